The third kappa shape index (κ3) is 6.96. The first-order chi connectivity index (χ1) is 13.8. The van der Waals surface area contributed by atoms with Gasteiger partial charge in [0.15, 0.2) is 5.96 Å². The first-order valence-electron chi connectivity index (χ1n) is 10.00. The van der Waals surface area contributed by atoms with Gasteiger partial charge in [0.1, 0.15) is 5.76 Å². The summed E-state index contributed by atoms with van der Waals surface area (Å²) in [6.07, 6.45) is 4.70. The van der Waals surface area contributed by atoms with Crippen LogP contribution in [0.3, 0.4) is 0 Å². The van der Waals surface area contributed by atoms with E-state index in [4.69, 9.17) is 18.9 Å². The standard InChI is InChI=1S/C21H31N3O3S/c1-25-13-14-26-17-18-8-11-24(16-18)21(22-9-6-19-4-2-12-27-19)23-10-7-20-5-3-15-28-20/h2-5,12,15,18H,6-11,13-14,16-17H2,1H3,(H,22,23). The Morgan fingerprint density at radius 1 is 1.32 bits per heavy atom. The van der Waals surface area contributed by atoms with E-state index in [-0.39, 0.29) is 0 Å². The van der Waals surface area contributed by atoms with Crippen molar-refractivity contribution in [1.82, 2.24) is 10.2 Å². The molecule has 0 radical (unpaired) electrons. The molecule has 2 aromatic rings. The first kappa shape index (κ1) is 20.9. The van der Waals surface area contributed by atoms with Gasteiger partial charge in [0.05, 0.1) is 26.1 Å². The minimum absolute atomic E-state index is 0.547. The molecule has 28 heavy (non-hydrogen) atoms. The van der Waals surface area contributed by atoms with Crippen LogP contribution in [0.15, 0.2) is 45.3 Å². The highest BCUT2D eigenvalue weighted by Crippen LogP contribution is 2.17. The third-order valence-corrected chi connectivity index (χ3v) is 5.74. The van der Waals surface area contributed by atoms with Crippen molar-refractivity contribution in [2.24, 2.45) is 10.9 Å². The highest BCUT2D eigenvalue weighted by Gasteiger charge is 2.25. The average molecular weight is 406 g/mol. The van der Waals surface area contributed by atoms with Crippen molar-refractivity contribution in [3.63, 3.8) is 0 Å². The van der Waals surface area contributed by atoms with Crippen molar-refractivity contribution >= 4 is 17.3 Å². The molecule has 1 fully saturated rings. The summed E-state index contributed by atoms with van der Waals surface area (Å²) in [7, 11) is 1.70. The molecule has 154 valence electrons. The monoisotopic (exact) mass is 405 g/mol. The molecule has 0 aromatic carbocycles. The Bertz CT molecular complexity index is 673. The predicted octanol–water partition coefficient (Wildman–Crippen LogP) is 3.06. The zero-order valence-electron chi connectivity index (χ0n) is 16.6. The van der Waals surface area contributed by atoms with Crippen LogP contribution in [-0.4, -0.2) is 64.0 Å². The van der Waals surface area contributed by atoms with E-state index in [1.54, 1.807) is 24.7 Å². The SMILES string of the molecule is COCCOCC1CCN(C(=NCCc2cccs2)NCCc2ccco2)C1. The number of guanidine groups is 1. The molecule has 3 heterocycles. The summed E-state index contributed by atoms with van der Waals surface area (Å²) in [5.74, 6) is 2.55. The molecule has 1 saturated heterocycles. The number of thiophene rings is 1. The van der Waals surface area contributed by atoms with Crippen molar-refractivity contribution in [2.75, 3.05) is 53.1 Å². The van der Waals surface area contributed by atoms with E-state index < -0.39 is 0 Å². The Balaban J connectivity index is 1.49. The van der Waals surface area contributed by atoms with Gasteiger partial charge in [0.25, 0.3) is 0 Å². The molecular weight excluding hydrogens is 374 g/mol. The molecule has 1 N–H and O–H groups in total. The van der Waals surface area contributed by atoms with Crippen molar-refractivity contribution in [2.45, 2.75) is 19.3 Å². The third-order valence-electron chi connectivity index (χ3n) is 4.81. The first-order valence-corrected chi connectivity index (χ1v) is 10.9. The molecule has 1 aliphatic heterocycles. The summed E-state index contributed by atoms with van der Waals surface area (Å²) in [6.45, 7) is 5.72. The number of hydrogen-bond acceptors (Lipinski definition) is 5. The molecule has 0 saturated carbocycles. The summed E-state index contributed by atoms with van der Waals surface area (Å²) in [5, 5.41) is 5.66. The second kappa shape index (κ2) is 11.9. The second-order valence-corrected chi connectivity index (χ2v) is 7.99. The molecule has 0 aliphatic carbocycles. The van der Waals surface area contributed by atoms with E-state index in [0.29, 0.717) is 19.1 Å². The van der Waals surface area contributed by atoms with E-state index in [2.05, 4.69) is 27.7 Å². The molecule has 6 nitrogen and oxygen atoms in total. The number of methoxy groups -OCH3 is 1. The predicted molar refractivity (Wildman–Crippen MR) is 113 cm³/mol. The minimum atomic E-state index is 0.547. The molecule has 0 bridgehead atoms. The number of rotatable bonds is 11. The van der Waals surface area contributed by atoms with Gasteiger partial charge in [0.2, 0.25) is 0 Å². The number of hydrogen-bond donors (Lipinski definition) is 1. The molecule has 1 atom stereocenters. The lowest BCUT2D eigenvalue weighted by atomic mass is 10.1. The highest BCUT2D eigenvalue weighted by atomic mass is 32.1. The molecule has 1 aliphatic rings. The highest BCUT2D eigenvalue weighted by molar-refractivity contribution is 7.09. The van der Waals surface area contributed by atoms with Crippen LogP contribution in [0.2, 0.25) is 0 Å². The molecule has 2 aromatic heterocycles. The van der Waals surface area contributed by atoms with Crippen LogP contribution < -0.4 is 5.32 Å². The number of nitrogens with one attached hydrogen (secondary N) is 1. The van der Waals surface area contributed by atoms with Gasteiger partial charge >= 0.3 is 0 Å². The van der Waals surface area contributed by atoms with Crippen LogP contribution in [0.4, 0.5) is 0 Å². The normalized spacial score (nSPS) is 17.4. The fraction of sp³-hybridized carbons (Fsp3) is 0.571. The van der Waals surface area contributed by atoms with Gasteiger partial charge in [-0.2, -0.15) is 0 Å². The Morgan fingerprint density at radius 2 is 2.29 bits per heavy atom. The average Bonchev–Trinajstić information content (AvgIpc) is 3.47. The largest absolute Gasteiger partial charge is 0.469 e. The van der Waals surface area contributed by atoms with Gasteiger partial charge < -0.3 is 24.1 Å². The lowest BCUT2D eigenvalue weighted by Crippen LogP contribution is -2.41. The topological polar surface area (TPSA) is 59.2 Å². The fourth-order valence-electron chi connectivity index (χ4n) is 3.30. The van der Waals surface area contributed by atoms with Crippen molar-refractivity contribution in [3.05, 3.63) is 46.5 Å². The summed E-state index contributed by atoms with van der Waals surface area (Å²) in [6, 6.07) is 8.22. The maximum atomic E-state index is 5.72. The summed E-state index contributed by atoms with van der Waals surface area (Å²) >= 11 is 1.79. The molecule has 3 rings (SSSR count). The molecular formula is C21H31N3O3S. The van der Waals surface area contributed by atoms with Gasteiger partial charge in [-0.3, -0.25) is 4.99 Å². The summed E-state index contributed by atoms with van der Waals surface area (Å²) in [4.78, 5) is 8.63. The van der Waals surface area contributed by atoms with Crippen LogP contribution in [0, 0.1) is 5.92 Å². The molecule has 1 unspecified atom stereocenters. The van der Waals surface area contributed by atoms with Crippen LogP contribution in [-0.2, 0) is 22.3 Å². The number of likely N-dealkylation sites (tertiary alicyclic amines) is 1. The maximum Gasteiger partial charge on any atom is 0.193 e. The maximum absolute atomic E-state index is 5.72. The zero-order chi connectivity index (χ0) is 19.4. The number of ether oxygens (including phenoxy) is 2. The van der Waals surface area contributed by atoms with Gasteiger partial charge in [-0.05, 0) is 30.0 Å². The van der Waals surface area contributed by atoms with Gasteiger partial charge in [-0.1, -0.05) is 6.07 Å². The second-order valence-electron chi connectivity index (χ2n) is 6.96. The number of aliphatic imine (C=N–C) groups is 1. The quantitative estimate of drug-likeness (QED) is 0.354. The van der Waals surface area contributed by atoms with Crippen LogP contribution in [0.5, 0.6) is 0 Å². The lowest BCUT2D eigenvalue weighted by Gasteiger charge is -2.22. The van der Waals surface area contributed by atoms with E-state index in [1.807, 2.05) is 12.1 Å². The van der Waals surface area contributed by atoms with E-state index >= 15 is 0 Å². The van der Waals surface area contributed by atoms with Crippen LogP contribution in [0.25, 0.3) is 0 Å². The van der Waals surface area contributed by atoms with Crippen LogP contribution in [0.1, 0.15) is 17.1 Å². The molecule has 0 spiro atoms. The lowest BCUT2D eigenvalue weighted by molar-refractivity contribution is 0.0536. The van der Waals surface area contributed by atoms with E-state index in [0.717, 1.165) is 63.8 Å². The minimum Gasteiger partial charge on any atom is -0.469 e. The van der Waals surface area contributed by atoms with Crippen LogP contribution >= 0.6 is 11.3 Å². The van der Waals surface area contributed by atoms with Crippen molar-refractivity contribution < 1.29 is 13.9 Å². The van der Waals surface area contributed by atoms with Gasteiger partial charge in [-0.15, -0.1) is 11.3 Å². The zero-order valence-corrected chi connectivity index (χ0v) is 17.5. The smallest absolute Gasteiger partial charge is 0.193 e. The summed E-state index contributed by atoms with van der Waals surface area (Å²) in [5.41, 5.74) is 0. The Labute approximate surface area is 171 Å². The summed E-state index contributed by atoms with van der Waals surface area (Å²) < 4.78 is 16.2. The molecule has 7 heteroatoms. The Hall–Kier alpha value is -1.83. The molecule has 0 amide bonds. The number of nitrogens with zero attached hydrogens (tertiary/aromatic N) is 2. The van der Waals surface area contributed by atoms with Gasteiger partial charge in [0, 0.05) is 56.9 Å². The van der Waals surface area contributed by atoms with E-state index in [9.17, 15) is 0 Å². The van der Waals surface area contributed by atoms with E-state index in [1.165, 1.54) is 4.88 Å². The van der Waals surface area contributed by atoms with Crippen molar-refractivity contribution in [3.8, 4) is 0 Å². The van der Waals surface area contributed by atoms with Gasteiger partial charge in [-0.25, -0.2) is 0 Å². The van der Waals surface area contributed by atoms with Crippen molar-refractivity contribution in [1.29, 1.82) is 0 Å². The Kier molecular flexibility index (Phi) is 8.87. The fourth-order valence-corrected chi connectivity index (χ4v) is 4.00. The number of furan rings is 1. The Morgan fingerprint density at radius 3 is 3.07 bits per heavy atom.